The van der Waals surface area contributed by atoms with Gasteiger partial charge in [0, 0.05) is 27.4 Å². The summed E-state index contributed by atoms with van der Waals surface area (Å²) in [6.45, 7) is 0. The number of methoxy groups -OCH3 is 1. The van der Waals surface area contributed by atoms with Gasteiger partial charge in [-0.15, -0.1) is 10.2 Å². The zero-order chi connectivity index (χ0) is 19.5. The van der Waals surface area contributed by atoms with Crippen LogP contribution < -0.4 is 10.1 Å². The van der Waals surface area contributed by atoms with E-state index in [2.05, 4.69) is 36.5 Å². The monoisotopic (exact) mass is 455 g/mol. The first-order valence-corrected chi connectivity index (χ1v) is 9.83. The Labute approximate surface area is 172 Å². The van der Waals surface area contributed by atoms with Gasteiger partial charge in [-0.05, 0) is 36.4 Å². The van der Waals surface area contributed by atoms with Crippen molar-refractivity contribution in [2.24, 2.45) is 0 Å². The number of ether oxygens (including phenoxy) is 1. The highest BCUT2D eigenvalue weighted by Gasteiger charge is 2.09. The SMILES string of the molecule is COc1ccc(Br)cc1/C=C/C(=O)Nc1cccc(-c2nn3cnnc3s2)c1. The molecule has 9 heteroatoms. The molecule has 0 radical (unpaired) electrons. The lowest BCUT2D eigenvalue weighted by Crippen LogP contribution is -2.07. The van der Waals surface area contributed by atoms with E-state index in [9.17, 15) is 4.79 Å². The highest BCUT2D eigenvalue weighted by molar-refractivity contribution is 9.10. The Morgan fingerprint density at radius 1 is 1.29 bits per heavy atom. The number of fused-ring (bicyclic) bond motifs is 1. The molecule has 4 rings (SSSR count). The first-order chi connectivity index (χ1) is 13.6. The average Bonchev–Trinajstić information content (AvgIpc) is 3.29. The predicted octanol–water partition coefficient (Wildman–Crippen LogP) is 4.28. The van der Waals surface area contributed by atoms with E-state index in [0.717, 1.165) is 25.6 Å². The summed E-state index contributed by atoms with van der Waals surface area (Å²) < 4.78 is 7.85. The molecule has 0 saturated heterocycles. The minimum Gasteiger partial charge on any atom is -0.496 e. The van der Waals surface area contributed by atoms with E-state index in [4.69, 9.17) is 4.74 Å². The van der Waals surface area contributed by atoms with Gasteiger partial charge in [0.15, 0.2) is 0 Å². The Bertz CT molecular complexity index is 1160. The molecule has 140 valence electrons. The van der Waals surface area contributed by atoms with Crippen LogP contribution in [0.1, 0.15) is 5.56 Å². The predicted molar refractivity (Wildman–Crippen MR) is 112 cm³/mol. The van der Waals surface area contributed by atoms with Gasteiger partial charge in [0.2, 0.25) is 10.9 Å². The maximum absolute atomic E-state index is 12.3. The molecular formula is C19H14BrN5O2S. The molecule has 0 aliphatic heterocycles. The Morgan fingerprint density at radius 2 is 2.18 bits per heavy atom. The second-order valence-electron chi connectivity index (χ2n) is 5.75. The lowest BCUT2D eigenvalue weighted by molar-refractivity contribution is -0.111. The highest BCUT2D eigenvalue weighted by Crippen LogP contribution is 2.27. The Balaban J connectivity index is 1.50. The normalized spacial score (nSPS) is 11.2. The number of anilines is 1. The van der Waals surface area contributed by atoms with E-state index < -0.39 is 0 Å². The molecule has 0 fully saturated rings. The second-order valence-corrected chi connectivity index (χ2v) is 7.63. The molecule has 1 N–H and O–H groups in total. The largest absolute Gasteiger partial charge is 0.496 e. The topological polar surface area (TPSA) is 81.4 Å². The van der Waals surface area contributed by atoms with Crippen LogP contribution in [0.15, 0.2) is 59.3 Å². The van der Waals surface area contributed by atoms with Crippen molar-refractivity contribution in [2.75, 3.05) is 12.4 Å². The van der Waals surface area contributed by atoms with Crippen LogP contribution in [0.25, 0.3) is 21.6 Å². The first-order valence-electron chi connectivity index (χ1n) is 8.22. The molecule has 7 nitrogen and oxygen atoms in total. The van der Waals surface area contributed by atoms with Gasteiger partial charge in [-0.3, -0.25) is 4.79 Å². The molecule has 2 heterocycles. The molecule has 0 unspecified atom stereocenters. The summed E-state index contributed by atoms with van der Waals surface area (Å²) in [6, 6.07) is 13.1. The van der Waals surface area contributed by atoms with Crippen LogP contribution >= 0.6 is 27.3 Å². The van der Waals surface area contributed by atoms with E-state index in [-0.39, 0.29) is 5.91 Å². The fraction of sp³-hybridized carbons (Fsp3) is 0.0526. The average molecular weight is 456 g/mol. The van der Waals surface area contributed by atoms with Crippen LogP contribution in [0.3, 0.4) is 0 Å². The number of amides is 1. The molecule has 1 amide bonds. The molecule has 4 aromatic rings. The van der Waals surface area contributed by atoms with E-state index >= 15 is 0 Å². The van der Waals surface area contributed by atoms with Crippen LogP contribution in [0.5, 0.6) is 5.75 Å². The number of hydrogen-bond donors (Lipinski definition) is 1. The van der Waals surface area contributed by atoms with E-state index in [0.29, 0.717) is 11.4 Å². The summed E-state index contributed by atoms with van der Waals surface area (Å²) in [5.74, 6) is 0.454. The molecule has 0 bridgehead atoms. The summed E-state index contributed by atoms with van der Waals surface area (Å²) in [6.07, 6.45) is 4.74. The van der Waals surface area contributed by atoms with E-state index in [1.54, 1.807) is 24.0 Å². The van der Waals surface area contributed by atoms with Gasteiger partial charge >= 0.3 is 0 Å². The maximum Gasteiger partial charge on any atom is 0.248 e. The van der Waals surface area contributed by atoms with Gasteiger partial charge in [-0.25, -0.2) is 0 Å². The Kier molecular flexibility index (Phi) is 5.18. The fourth-order valence-corrected chi connectivity index (χ4v) is 3.79. The van der Waals surface area contributed by atoms with Crippen molar-refractivity contribution in [2.45, 2.75) is 0 Å². The molecule has 0 saturated carbocycles. The van der Waals surface area contributed by atoms with Crippen LogP contribution in [0.4, 0.5) is 5.69 Å². The lowest BCUT2D eigenvalue weighted by atomic mass is 10.2. The molecular weight excluding hydrogens is 442 g/mol. The second kappa shape index (κ2) is 7.91. The number of aromatic nitrogens is 4. The van der Waals surface area contributed by atoms with Crippen molar-refractivity contribution in [1.82, 2.24) is 19.8 Å². The number of rotatable bonds is 5. The molecule has 0 spiro atoms. The van der Waals surface area contributed by atoms with Gasteiger partial charge in [-0.2, -0.15) is 9.61 Å². The van der Waals surface area contributed by atoms with Gasteiger partial charge in [-0.1, -0.05) is 39.4 Å². The molecule has 0 atom stereocenters. The standard InChI is InChI=1S/C19H14BrN5O2S/c1-27-16-7-6-14(20)9-12(16)5-8-17(26)22-15-4-2-3-13(10-15)18-24-25-11-21-23-19(25)28-18/h2-11H,1H3,(H,22,26)/b8-5+. The third kappa shape index (κ3) is 3.95. The minimum atomic E-state index is -0.239. The van der Waals surface area contributed by atoms with Crippen LogP contribution in [0.2, 0.25) is 0 Å². The van der Waals surface area contributed by atoms with Crippen LogP contribution in [-0.2, 0) is 4.79 Å². The number of carbonyl (C=O) groups excluding carboxylic acids is 1. The number of halogens is 1. The minimum absolute atomic E-state index is 0.239. The van der Waals surface area contributed by atoms with Crippen molar-refractivity contribution >= 4 is 49.9 Å². The van der Waals surface area contributed by atoms with Crippen LogP contribution in [0, 0.1) is 0 Å². The Morgan fingerprint density at radius 3 is 3.00 bits per heavy atom. The van der Waals surface area contributed by atoms with Crippen molar-refractivity contribution in [3.8, 4) is 16.3 Å². The number of benzene rings is 2. The number of nitrogens with zero attached hydrogens (tertiary/aromatic N) is 4. The van der Waals surface area contributed by atoms with Crippen molar-refractivity contribution in [3.05, 3.63) is 64.9 Å². The first kappa shape index (κ1) is 18.3. The van der Waals surface area contributed by atoms with Crippen molar-refractivity contribution in [3.63, 3.8) is 0 Å². The zero-order valence-corrected chi connectivity index (χ0v) is 17.1. The lowest BCUT2D eigenvalue weighted by Gasteiger charge is -2.06. The summed E-state index contributed by atoms with van der Waals surface area (Å²) in [5, 5.41) is 15.9. The van der Waals surface area contributed by atoms with E-state index in [1.165, 1.54) is 17.4 Å². The maximum atomic E-state index is 12.3. The van der Waals surface area contributed by atoms with Crippen LogP contribution in [-0.4, -0.2) is 32.8 Å². The van der Waals surface area contributed by atoms with Gasteiger partial charge in [0.05, 0.1) is 7.11 Å². The van der Waals surface area contributed by atoms with Gasteiger partial charge in [0.25, 0.3) is 0 Å². The summed E-state index contributed by atoms with van der Waals surface area (Å²) in [4.78, 5) is 13.0. The third-order valence-corrected chi connectivity index (χ3v) is 5.33. The van der Waals surface area contributed by atoms with E-state index in [1.807, 2.05) is 42.5 Å². The summed E-state index contributed by atoms with van der Waals surface area (Å²) >= 11 is 4.85. The number of hydrogen-bond acceptors (Lipinski definition) is 6. The number of nitrogens with one attached hydrogen (secondary N) is 1. The highest BCUT2D eigenvalue weighted by atomic mass is 79.9. The summed E-state index contributed by atoms with van der Waals surface area (Å²) in [5.41, 5.74) is 2.38. The van der Waals surface area contributed by atoms with Gasteiger partial charge in [0.1, 0.15) is 17.1 Å². The molecule has 0 aliphatic carbocycles. The third-order valence-electron chi connectivity index (χ3n) is 3.87. The van der Waals surface area contributed by atoms with Gasteiger partial charge < -0.3 is 10.1 Å². The fourth-order valence-electron chi connectivity index (χ4n) is 2.59. The summed E-state index contributed by atoms with van der Waals surface area (Å²) in [7, 11) is 1.60. The quantitative estimate of drug-likeness (QED) is 0.454. The molecule has 0 aliphatic rings. The zero-order valence-electron chi connectivity index (χ0n) is 14.7. The Hall–Kier alpha value is -3.04. The van der Waals surface area contributed by atoms with Crippen molar-refractivity contribution in [1.29, 1.82) is 0 Å². The molecule has 28 heavy (non-hydrogen) atoms. The molecule has 2 aromatic heterocycles. The van der Waals surface area contributed by atoms with Crippen molar-refractivity contribution < 1.29 is 9.53 Å². The smallest absolute Gasteiger partial charge is 0.248 e. The molecule has 2 aromatic carbocycles. The number of carbonyl (C=O) groups is 1.